The molecule has 1 aromatic carbocycles. The minimum absolute atomic E-state index is 0.0310. The van der Waals surface area contributed by atoms with Crippen LogP contribution in [0.5, 0.6) is 5.75 Å². The summed E-state index contributed by atoms with van der Waals surface area (Å²) in [4.78, 5) is 23.5. The SMILES string of the molecule is O=C([O-])C1C2CCC(O2)C1C(=O)Nc1cccc(O)c1. The minimum Gasteiger partial charge on any atom is -0.550 e. The highest BCUT2D eigenvalue weighted by Crippen LogP contribution is 2.43. The molecule has 1 aromatic rings. The van der Waals surface area contributed by atoms with Gasteiger partial charge >= 0.3 is 0 Å². The number of anilines is 1. The minimum atomic E-state index is -1.24. The molecule has 0 radical (unpaired) electrons. The number of carbonyl (C=O) groups is 2. The first-order valence-electron chi connectivity index (χ1n) is 6.52. The molecule has 0 aromatic heterocycles. The van der Waals surface area contributed by atoms with Crippen molar-refractivity contribution >= 4 is 17.6 Å². The van der Waals surface area contributed by atoms with E-state index in [0.717, 1.165) is 0 Å². The second-order valence-corrected chi connectivity index (χ2v) is 5.20. The maximum atomic E-state index is 12.3. The van der Waals surface area contributed by atoms with Gasteiger partial charge in [0, 0.05) is 23.6 Å². The Balaban J connectivity index is 1.78. The second-order valence-electron chi connectivity index (χ2n) is 5.20. The predicted octanol–water partition coefficient (Wildman–Crippen LogP) is -0.126. The van der Waals surface area contributed by atoms with E-state index in [1.165, 1.54) is 12.1 Å². The molecule has 6 heteroatoms. The number of ether oxygens (including phenoxy) is 1. The van der Waals surface area contributed by atoms with E-state index in [2.05, 4.69) is 5.32 Å². The summed E-state index contributed by atoms with van der Waals surface area (Å²) in [6.45, 7) is 0. The summed E-state index contributed by atoms with van der Waals surface area (Å²) in [5.41, 5.74) is 0.426. The maximum absolute atomic E-state index is 12.3. The fourth-order valence-corrected chi connectivity index (χ4v) is 3.12. The molecule has 106 valence electrons. The lowest BCUT2D eigenvalue weighted by Crippen LogP contribution is -2.46. The van der Waals surface area contributed by atoms with Gasteiger partial charge in [0.2, 0.25) is 5.91 Å². The summed E-state index contributed by atoms with van der Waals surface area (Å²) >= 11 is 0. The van der Waals surface area contributed by atoms with Crippen LogP contribution in [0.25, 0.3) is 0 Å². The van der Waals surface area contributed by atoms with Gasteiger partial charge in [-0.3, -0.25) is 4.79 Å². The van der Waals surface area contributed by atoms with Crippen molar-refractivity contribution in [3.63, 3.8) is 0 Å². The number of aliphatic carboxylic acids is 1. The highest BCUT2D eigenvalue weighted by atomic mass is 16.5. The normalized spacial score (nSPS) is 31.2. The summed E-state index contributed by atoms with van der Waals surface area (Å²) in [7, 11) is 0. The molecule has 2 fully saturated rings. The summed E-state index contributed by atoms with van der Waals surface area (Å²) in [5.74, 6) is -3.25. The Hall–Kier alpha value is -2.08. The first kappa shape index (κ1) is 12.9. The molecule has 2 heterocycles. The van der Waals surface area contributed by atoms with Crippen molar-refractivity contribution in [2.75, 3.05) is 5.32 Å². The van der Waals surface area contributed by atoms with E-state index in [9.17, 15) is 19.8 Å². The Kier molecular flexibility index (Phi) is 3.10. The molecule has 20 heavy (non-hydrogen) atoms. The molecule has 2 bridgehead atoms. The largest absolute Gasteiger partial charge is 0.550 e. The van der Waals surface area contributed by atoms with Crippen LogP contribution in [0, 0.1) is 11.8 Å². The summed E-state index contributed by atoms with van der Waals surface area (Å²) in [5, 5.41) is 23.2. The molecule has 4 unspecified atom stereocenters. The smallest absolute Gasteiger partial charge is 0.230 e. The first-order valence-corrected chi connectivity index (χ1v) is 6.52. The molecular formula is C14H14NO5-. The lowest BCUT2D eigenvalue weighted by atomic mass is 9.78. The molecule has 3 rings (SSSR count). The van der Waals surface area contributed by atoms with Crippen molar-refractivity contribution in [2.45, 2.75) is 25.0 Å². The molecule has 0 aliphatic carbocycles. The van der Waals surface area contributed by atoms with Crippen molar-refractivity contribution in [3.05, 3.63) is 24.3 Å². The van der Waals surface area contributed by atoms with E-state index in [4.69, 9.17) is 4.74 Å². The Morgan fingerprint density at radius 1 is 1.25 bits per heavy atom. The van der Waals surface area contributed by atoms with Crippen LogP contribution >= 0.6 is 0 Å². The maximum Gasteiger partial charge on any atom is 0.230 e. The van der Waals surface area contributed by atoms with Gasteiger partial charge in [0.25, 0.3) is 0 Å². The second kappa shape index (κ2) is 4.79. The number of aromatic hydroxyl groups is 1. The first-order chi connectivity index (χ1) is 9.56. The topological polar surface area (TPSA) is 98.7 Å². The van der Waals surface area contributed by atoms with Crippen LogP contribution in [0.15, 0.2) is 24.3 Å². The Morgan fingerprint density at radius 2 is 1.95 bits per heavy atom. The highest BCUT2D eigenvalue weighted by molar-refractivity contribution is 5.96. The number of fused-ring (bicyclic) bond motifs is 2. The van der Waals surface area contributed by atoms with Crippen LogP contribution < -0.4 is 10.4 Å². The standard InChI is InChI=1S/C14H15NO5/c16-8-3-1-2-7(6-8)15-13(17)11-9-4-5-10(20-9)12(11)14(18)19/h1-3,6,9-12,16H,4-5H2,(H,15,17)(H,18,19)/p-1. The molecule has 2 N–H and O–H groups in total. The lowest BCUT2D eigenvalue weighted by Gasteiger charge is -2.27. The predicted molar refractivity (Wildman–Crippen MR) is 66.6 cm³/mol. The van der Waals surface area contributed by atoms with Crippen LogP contribution in [-0.4, -0.2) is 29.2 Å². The van der Waals surface area contributed by atoms with E-state index >= 15 is 0 Å². The molecular weight excluding hydrogens is 262 g/mol. The summed E-state index contributed by atoms with van der Waals surface area (Å²) in [6, 6.07) is 6.11. The fourth-order valence-electron chi connectivity index (χ4n) is 3.12. The molecule has 2 aliphatic rings. The molecule has 0 spiro atoms. The lowest BCUT2D eigenvalue weighted by molar-refractivity contribution is -0.313. The Morgan fingerprint density at radius 3 is 2.60 bits per heavy atom. The molecule has 2 aliphatic heterocycles. The zero-order chi connectivity index (χ0) is 14.3. The van der Waals surface area contributed by atoms with E-state index in [0.29, 0.717) is 18.5 Å². The molecule has 4 atom stereocenters. The van der Waals surface area contributed by atoms with Crippen molar-refractivity contribution in [2.24, 2.45) is 11.8 Å². The van der Waals surface area contributed by atoms with Crippen LogP contribution in [0.2, 0.25) is 0 Å². The van der Waals surface area contributed by atoms with Gasteiger partial charge in [-0.05, 0) is 25.0 Å². The fraction of sp³-hybridized carbons (Fsp3) is 0.429. The molecule has 6 nitrogen and oxygen atoms in total. The Bertz CT molecular complexity index is 558. The quantitative estimate of drug-likeness (QED) is 0.801. The number of phenols is 1. The number of hydrogen-bond acceptors (Lipinski definition) is 5. The Labute approximate surface area is 115 Å². The van der Waals surface area contributed by atoms with Gasteiger partial charge < -0.3 is 25.1 Å². The van der Waals surface area contributed by atoms with Gasteiger partial charge in [0.1, 0.15) is 5.75 Å². The van der Waals surface area contributed by atoms with Crippen molar-refractivity contribution in [1.82, 2.24) is 0 Å². The van der Waals surface area contributed by atoms with Gasteiger partial charge in [0.05, 0.1) is 18.1 Å². The number of carbonyl (C=O) groups excluding carboxylic acids is 2. The number of carboxylic acid groups (broad SMARTS) is 1. The number of benzene rings is 1. The third-order valence-electron chi connectivity index (χ3n) is 3.96. The highest BCUT2D eigenvalue weighted by Gasteiger charge is 2.52. The van der Waals surface area contributed by atoms with Gasteiger partial charge in [-0.15, -0.1) is 0 Å². The van der Waals surface area contributed by atoms with Crippen molar-refractivity contribution < 1.29 is 24.5 Å². The molecule has 1 amide bonds. The number of rotatable bonds is 3. The van der Waals surface area contributed by atoms with Crippen LogP contribution in [0.4, 0.5) is 5.69 Å². The zero-order valence-corrected chi connectivity index (χ0v) is 10.6. The number of amides is 1. The van der Waals surface area contributed by atoms with E-state index < -0.39 is 29.8 Å². The summed E-state index contributed by atoms with van der Waals surface area (Å²) in [6.07, 6.45) is 0.552. The average molecular weight is 276 g/mol. The van der Waals surface area contributed by atoms with Crippen molar-refractivity contribution in [3.8, 4) is 5.75 Å². The molecule has 0 saturated carbocycles. The van der Waals surface area contributed by atoms with Crippen molar-refractivity contribution in [1.29, 1.82) is 0 Å². The van der Waals surface area contributed by atoms with Gasteiger partial charge in [-0.1, -0.05) is 6.07 Å². The third-order valence-corrected chi connectivity index (χ3v) is 3.96. The summed E-state index contributed by atoms with van der Waals surface area (Å²) < 4.78 is 5.51. The number of carboxylic acids is 1. The van der Waals surface area contributed by atoms with E-state index in [1.807, 2.05) is 0 Å². The van der Waals surface area contributed by atoms with Gasteiger partial charge in [0.15, 0.2) is 0 Å². The van der Waals surface area contributed by atoms with Gasteiger partial charge in [-0.25, -0.2) is 0 Å². The van der Waals surface area contributed by atoms with E-state index in [1.54, 1.807) is 12.1 Å². The number of phenolic OH excluding ortho intramolecular Hbond substituents is 1. The number of nitrogens with one attached hydrogen (secondary N) is 1. The monoisotopic (exact) mass is 276 g/mol. The average Bonchev–Trinajstić information content (AvgIpc) is 2.98. The molecule has 2 saturated heterocycles. The van der Waals surface area contributed by atoms with Crippen LogP contribution in [0.1, 0.15) is 12.8 Å². The van der Waals surface area contributed by atoms with Crippen LogP contribution in [0.3, 0.4) is 0 Å². The number of hydrogen-bond donors (Lipinski definition) is 2. The van der Waals surface area contributed by atoms with Gasteiger partial charge in [-0.2, -0.15) is 0 Å². The van der Waals surface area contributed by atoms with E-state index in [-0.39, 0.29) is 11.9 Å². The van der Waals surface area contributed by atoms with Crippen LogP contribution in [-0.2, 0) is 14.3 Å². The zero-order valence-electron chi connectivity index (χ0n) is 10.6. The third kappa shape index (κ3) is 2.12.